The summed E-state index contributed by atoms with van der Waals surface area (Å²) in [4.78, 5) is 12.5. The van der Waals surface area contributed by atoms with Crippen molar-refractivity contribution in [2.45, 2.75) is 13.8 Å². The van der Waals surface area contributed by atoms with Crippen LogP contribution in [0.15, 0.2) is 16.5 Å². The molecule has 3 nitrogen and oxygen atoms in total. The number of carbonyl (C=O) groups excluding carboxylic acids is 1. The van der Waals surface area contributed by atoms with Crippen LogP contribution in [0.2, 0.25) is 0 Å². The van der Waals surface area contributed by atoms with Crippen molar-refractivity contribution in [3.05, 3.63) is 17.9 Å². The lowest BCUT2D eigenvalue weighted by Gasteiger charge is -2.12. The summed E-state index contributed by atoms with van der Waals surface area (Å²) in [6, 6.07) is 3.74. The molecular formula is C9H13NO2. The Balaban J connectivity index is 2.64. The highest BCUT2D eigenvalue weighted by atomic mass is 16.4. The van der Waals surface area contributed by atoms with E-state index in [1.807, 2.05) is 26.1 Å². The molecule has 0 saturated carbocycles. The molecule has 66 valence electrons. The summed E-state index contributed by atoms with van der Waals surface area (Å²) < 4.78 is 5.32. The molecule has 0 amide bonds. The average Bonchev–Trinajstić information content (AvgIpc) is 2.34. The minimum atomic E-state index is 0.131. The van der Waals surface area contributed by atoms with Crippen LogP contribution < -0.4 is 4.90 Å². The first kappa shape index (κ1) is 8.84. The van der Waals surface area contributed by atoms with Gasteiger partial charge in [-0.2, -0.15) is 0 Å². The summed E-state index contributed by atoms with van der Waals surface area (Å²) >= 11 is 0. The first-order valence-corrected chi connectivity index (χ1v) is 3.86. The van der Waals surface area contributed by atoms with Gasteiger partial charge in [-0.3, -0.25) is 4.79 Å². The highest BCUT2D eigenvalue weighted by molar-refractivity contribution is 5.80. The van der Waals surface area contributed by atoms with Gasteiger partial charge in [0.1, 0.15) is 11.5 Å². The van der Waals surface area contributed by atoms with Crippen LogP contribution in [0.5, 0.6) is 0 Å². The molecule has 12 heavy (non-hydrogen) atoms. The minimum Gasteiger partial charge on any atom is -0.446 e. The third-order valence-corrected chi connectivity index (χ3v) is 1.56. The number of nitrogens with zero attached hydrogens (tertiary/aromatic N) is 1. The van der Waals surface area contributed by atoms with Crippen molar-refractivity contribution in [1.29, 1.82) is 0 Å². The predicted octanol–water partition coefficient (Wildman–Crippen LogP) is 1.61. The van der Waals surface area contributed by atoms with Gasteiger partial charge in [-0.15, -0.1) is 0 Å². The Kier molecular flexibility index (Phi) is 2.53. The second-order valence-electron chi connectivity index (χ2n) is 2.94. The molecule has 1 aromatic heterocycles. The summed E-state index contributed by atoms with van der Waals surface area (Å²) in [5, 5.41) is 0. The van der Waals surface area contributed by atoms with Crippen LogP contribution in [0.25, 0.3) is 0 Å². The second-order valence-corrected chi connectivity index (χ2v) is 2.94. The fourth-order valence-electron chi connectivity index (χ4n) is 1.04. The summed E-state index contributed by atoms with van der Waals surface area (Å²) in [5.74, 6) is 1.73. The van der Waals surface area contributed by atoms with Gasteiger partial charge in [-0.25, -0.2) is 0 Å². The zero-order valence-electron chi connectivity index (χ0n) is 7.63. The highest BCUT2D eigenvalue weighted by Gasteiger charge is 2.06. The topological polar surface area (TPSA) is 33.5 Å². The summed E-state index contributed by atoms with van der Waals surface area (Å²) in [6.07, 6.45) is 0. The van der Waals surface area contributed by atoms with E-state index in [9.17, 15) is 4.79 Å². The van der Waals surface area contributed by atoms with Gasteiger partial charge in [0.25, 0.3) is 0 Å². The van der Waals surface area contributed by atoms with E-state index >= 15 is 0 Å². The SMILES string of the molecule is CC(=O)CN(C)c1ccc(C)o1. The third kappa shape index (κ3) is 2.12. The molecule has 1 aromatic rings. The van der Waals surface area contributed by atoms with Crippen LogP contribution in [0.1, 0.15) is 12.7 Å². The van der Waals surface area contributed by atoms with Gasteiger partial charge < -0.3 is 9.32 Å². The standard InChI is InChI=1S/C9H13NO2/c1-7(11)6-10(3)9-5-4-8(2)12-9/h4-5H,6H2,1-3H3. The van der Waals surface area contributed by atoms with Gasteiger partial charge in [-0.1, -0.05) is 0 Å². The van der Waals surface area contributed by atoms with Crippen molar-refractivity contribution in [2.24, 2.45) is 0 Å². The zero-order valence-corrected chi connectivity index (χ0v) is 7.63. The molecule has 0 saturated heterocycles. The van der Waals surface area contributed by atoms with Crippen LogP contribution in [0, 0.1) is 6.92 Å². The van der Waals surface area contributed by atoms with Gasteiger partial charge in [0, 0.05) is 13.1 Å². The van der Waals surface area contributed by atoms with E-state index in [0.717, 1.165) is 11.6 Å². The van der Waals surface area contributed by atoms with E-state index in [2.05, 4.69) is 0 Å². The fourth-order valence-corrected chi connectivity index (χ4v) is 1.04. The Labute approximate surface area is 72.0 Å². The number of likely N-dealkylation sites (N-methyl/N-ethyl adjacent to an activating group) is 1. The number of ketones is 1. The number of aryl methyl sites for hydroxylation is 1. The summed E-state index contributed by atoms with van der Waals surface area (Å²) in [6.45, 7) is 3.84. The van der Waals surface area contributed by atoms with E-state index in [1.165, 1.54) is 0 Å². The lowest BCUT2D eigenvalue weighted by atomic mass is 10.4. The predicted molar refractivity (Wildman–Crippen MR) is 47.4 cm³/mol. The van der Waals surface area contributed by atoms with E-state index in [-0.39, 0.29) is 5.78 Å². The largest absolute Gasteiger partial charge is 0.446 e. The number of rotatable bonds is 3. The molecule has 0 unspecified atom stereocenters. The molecule has 0 N–H and O–H groups in total. The van der Waals surface area contributed by atoms with Crippen molar-refractivity contribution in [3.63, 3.8) is 0 Å². The smallest absolute Gasteiger partial charge is 0.195 e. The van der Waals surface area contributed by atoms with Crippen molar-refractivity contribution in [1.82, 2.24) is 0 Å². The minimum absolute atomic E-state index is 0.131. The molecule has 1 heterocycles. The lowest BCUT2D eigenvalue weighted by Crippen LogP contribution is -2.23. The molecule has 0 aliphatic rings. The van der Waals surface area contributed by atoms with Gasteiger partial charge in [0.15, 0.2) is 5.88 Å². The van der Waals surface area contributed by atoms with Gasteiger partial charge >= 0.3 is 0 Å². The van der Waals surface area contributed by atoms with Crippen LogP contribution >= 0.6 is 0 Å². The number of Topliss-reactive ketones (excluding diaryl/α,β-unsaturated/α-hetero) is 1. The van der Waals surface area contributed by atoms with Crippen LogP contribution in [-0.4, -0.2) is 19.4 Å². The molecule has 0 spiro atoms. The molecule has 0 radical (unpaired) electrons. The van der Waals surface area contributed by atoms with E-state index < -0.39 is 0 Å². The third-order valence-electron chi connectivity index (χ3n) is 1.56. The summed E-state index contributed by atoms with van der Waals surface area (Å²) in [7, 11) is 1.83. The molecule has 0 atom stereocenters. The molecule has 0 bridgehead atoms. The molecule has 0 fully saturated rings. The Morgan fingerprint density at radius 3 is 2.67 bits per heavy atom. The Hall–Kier alpha value is -1.25. The van der Waals surface area contributed by atoms with Crippen LogP contribution in [0.3, 0.4) is 0 Å². The zero-order chi connectivity index (χ0) is 9.14. The Morgan fingerprint density at radius 1 is 1.58 bits per heavy atom. The van der Waals surface area contributed by atoms with E-state index in [4.69, 9.17) is 4.42 Å². The maximum atomic E-state index is 10.8. The monoisotopic (exact) mass is 167 g/mol. The highest BCUT2D eigenvalue weighted by Crippen LogP contribution is 2.15. The molecular weight excluding hydrogens is 154 g/mol. The molecule has 0 aliphatic heterocycles. The van der Waals surface area contributed by atoms with E-state index in [1.54, 1.807) is 11.8 Å². The molecule has 0 aromatic carbocycles. The van der Waals surface area contributed by atoms with Gasteiger partial charge in [-0.05, 0) is 19.9 Å². The average molecular weight is 167 g/mol. The van der Waals surface area contributed by atoms with Crippen molar-refractivity contribution >= 4 is 11.7 Å². The second kappa shape index (κ2) is 3.43. The number of furan rings is 1. The lowest BCUT2D eigenvalue weighted by molar-refractivity contribution is -0.115. The summed E-state index contributed by atoms with van der Waals surface area (Å²) in [5.41, 5.74) is 0. The molecule has 0 aliphatic carbocycles. The van der Waals surface area contributed by atoms with Crippen molar-refractivity contribution < 1.29 is 9.21 Å². The van der Waals surface area contributed by atoms with Crippen molar-refractivity contribution in [2.75, 3.05) is 18.5 Å². The number of anilines is 1. The normalized spacial score (nSPS) is 9.92. The quantitative estimate of drug-likeness (QED) is 0.685. The number of carbonyl (C=O) groups is 1. The first-order valence-electron chi connectivity index (χ1n) is 3.86. The van der Waals surface area contributed by atoms with Gasteiger partial charge in [0.2, 0.25) is 0 Å². The maximum Gasteiger partial charge on any atom is 0.195 e. The number of hydrogen-bond donors (Lipinski definition) is 0. The molecule has 3 heteroatoms. The maximum absolute atomic E-state index is 10.8. The van der Waals surface area contributed by atoms with E-state index in [0.29, 0.717) is 6.54 Å². The number of hydrogen-bond acceptors (Lipinski definition) is 3. The van der Waals surface area contributed by atoms with Crippen LogP contribution in [0.4, 0.5) is 5.88 Å². The Bertz CT molecular complexity index is 278. The van der Waals surface area contributed by atoms with Gasteiger partial charge in [0.05, 0.1) is 6.54 Å². The fraction of sp³-hybridized carbons (Fsp3) is 0.444. The Morgan fingerprint density at radius 2 is 2.25 bits per heavy atom. The molecule has 1 rings (SSSR count). The van der Waals surface area contributed by atoms with Crippen LogP contribution in [-0.2, 0) is 4.79 Å². The first-order chi connectivity index (χ1) is 5.59. The van der Waals surface area contributed by atoms with Crippen molar-refractivity contribution in [3.8, 4) is 0 Å².